The van der Waals surface area contributed by atoms with E-state index in [0.29, 0.717) is 18.1 Å². The van der Waals surface area contributed by atoms with Gasteiger partial charge >= 0.3 is 5.97 Å². The van der Waals surface area contributed by atoms with Crippen LogP contribution >= 0.6 is 0 Å². The Balaban J connectivity index is 1.53. The SMILES string of the molecule is COC(=O)CN(C)c1nc(-c2cc(OCCN3CCCC3)ccn2)nc2c1CCC2. The average Bonchev–Trinajstić information content (AvgIpc) is 3.45. The van der Waals surface area contributed by atoms with E-state index in [-0.39, 0.29) is 12.5 Å². The van der Waals surface area contributed by atoms with Gasteiger partial charge < -0.3 is 14.4 Å². The third-order valence-corrected chi connectivity index (χ3v) is 5.70. The lowest BCUT2D eigenvalue weighted by Gasteiger charge is -2.20. The van der Waals surface area contributed by atoms with Crippen LogP contribution in [-0.4, -0.2) is 72.8 Å². The Kier molecular flexibility index (Phi) is 6.42. The number of hydrogen-bond acceptors (Lipinski definition) is 8. The van der Waals surface area contributed by atoms with E-state index in [9.17, 15) is 4.79 Å². The predicted molar refractivity (Wildman–Crippen MR) is 114 cm³/mol. The van der Waals surface area contributed by atoms with Gasteiger partial charge in [-0.1, -0.05) is 0 Å². The molecule has 1 aliphatic heterocycles. The van der Waals surface area contributed by atoms with Crippen molar-refractivity contribution >= 4 is 11.8 Å². The maximum absolute atomic E-state index is 11.8. The molecule has 30 heavy (non-hydrogen) atoms. The fourth-order valence-electron chi connectivity index (χ4n) is 4.10. The lowest BCUT2D eigenvalue weighted by Crippen LogP contribution is -2.28. The first-order valence-corrected chi connectivity index (χ1v) is 10.6. The van der Waals surface area contributed by atoms with Crippen molar-refractivity contribution in [2.24, 2.45) is 0 Å². The summed E-state index contributed by atoms with van der Waals surface area (Å²) in [4.78, 5) is 30.0. The van der Waals surface area contributed by atoms with Crippen LogP contribution in [0.25, 0.3) is 11.5 Å². The number of esters is 1. The van der Waals surface area contributed by atoms with E-state index in [2.05, 4.69) is 9.88 Å². The highest BCUT2D eigenvalue weighted by Gasteiger charge is 2.23. The van der Waals surface area contributed by atoms with Crippen LogP contribution in [0.3, 0.4) is 0 Å². The molecule has 8 nitrogen and oxygen atoms in total. The molecule has 8 heteroatoms. The van der Waals surface area contributed by atoms with Gasteiger partial charge in [-0.15, -0.1) is 0 Å². The van der Waals surface area contributed by atoms with Gasteiger partial charge in [-0.25, -0.2) is 9.97 Å². The first-order chi connectivity index (χ1) is 14.6. The lowest BCUT2D eigenvalue weighted by atomic mass is 10.2. The molecule has 1 fully saturated rings. The summed E-state index contributed by atoms with van der Waals surface area (Å²) in [5.74, 6) is 1.82. The Hall–Kier alpha value is -2.74. The molecule has 2 aromatic rings. The van der Waals surface area contributed by atoms with Crippen molar-refractivity contribution in [2.45, 2.75) is 32.1 Å². The summed E-state index contributed by atoms with van der Waals surface area (Å²) in [6, 6.07) is 3.76. The molecule has 3 heterocycles. The summed E-state index contributed by atoms with van der Waals surface area (Å²) < 4.78 is 10.8. The van der Waals surface area contributed by atoms with Crippen LogP contribution in [0.15, 0.2) is 18.3 Å². The molecule has 0 N–H and O–H groups in total. The van der Waals surface area contributed by atoms with Crippen molar-refractivity contribution in [3.8, 4) is 17.3 Å². The zero-order valence-electron chi connectivity index (χ0n) is 17.8. The van der Waals surface area contributed by atoms with Crippen molar-refractivity contribution in [3.63, 3.8) is 0 Å². The number of carbonyl (C=O) groups is 1. The van der Waals surface area contributed by atoms with Crippen molar-refractivity contribution in [3.05, 3.63) is 29.6 Å². The minimum Gasteiger partial charge on any atom is -0.492 e. The van der Waals surface area contributed by atoms with E-state index in [1.807, 2.05) is 24.1 Å². The molecule has 1 aliphatic carbocycles. The zero-order valence-corrected chi connectivity index (χ0v) is 17.8. The fraction of sp³-hybridized carbons (Fsp3) is 0.545. The van der Waals surface area contributed by atoms with Crippen LogP contribution in [0, 0.1) is 0 Å². The first kappa shape index (κ1) is 20.5. The molecule has 0 amide bonds. The molecule has 4 rings (SSSR count). The van der Waals surface area contributed by atoms with E-state index in [0.717, 1.165) is 61.7 Å². The quantitative estimate of drug-likeness (QED) is 0.611. The van der Waals surface area contributed by atoms with Gasteiger partial charge in [-0.05, 0) is 51.3 Å². The number of hydrogen-bond donors (Lipinski definition) is 0. The van der Waals surface area contributed by atoms with Crippen LogP contribution in [0.2, 0.25) is 0 Å². The third-order valence-electron chi connectivity index (χ3n) is 5.70. The summed E-state index contributed by atoms with van der Waals surface area (Å²) in [5.41, 5.74) is 2.83. The van der Waals surface area contributed by atoms with Crippen LogP contribution in [0.1, 0.15) is 30.5 Å². The molecule has 1 saturated heterocycles. The van der Waals surface area contributed by atoms with E-state index in [1.165, 1.54) is 20.0 Å². The molecule has 0 saturated carbocycles. The van der Waals surface area contributed by atoms with Crippen LogP contribution in [0.5, 0.6) is 5.75 Å². The van der Waals surface area contributed by atoms with Gasteiger partial charge in [0, 0.05) is 37.1 Å². The van der Waals surface area contributed by atoms with Gasteiger partial charge in [-0.3, -0.25) is 14.7 Å². The van der Waals surface area contributed by atoms with Gasteiger partial charge in [0.05, 0.1) is 7.11 Å². The largest absolute Gasteiger partial charge is 0.492 e. The normalized spacial score (nSPS) is 15.8. The van der Waals surface area contributed by atoms with E-state index >= 15 is 0 Å². The Morgan fingerprint density at radius 3 is 2.83 bits per heavy atom. The van der Waals surface area contributed by atoms with E-state index in [4.69, 9.17) is 19.4 Å². The maximum Gasteiger partial charge on any atom is 0.325 e. The lowest BCUT2D eigenvalue weighted by molar-refractivity contribution is -0.138. The third kappa shape index (κ3) is 4.70. The zero-order chi connectivity index (χ0) is 20.9. The standard InChI is InChI=1S/C22H29N5O3/c1-26(15-20(28)29-2)22-17-6-5-7-18(17)24-21(25-22)19-14-16(8-9-23-19)30-13-12-27-10-3-4-11-27/h8-9,14H,3-7,10-13,15H2,1-2H3. The molecule has 0 spiro atoms. The Morgan fingerprint density at radius 2 is 2.03 bits per heavy atom. The monoisotopic (exact) mass is 411 g/mol. The number of carbonyl (C=O) groups excluding carboxylic acids is 1. The molecular formula is C22H29N5O3. The Bertz CT molecular complexity index is 898. The molecule has 0 aromatic carbocycles. The summed E-state index contributed by atoms with van der Waals surface area (Å²) in [7, 11) is 3.25. The Morgan fingerprint density at radius 1 is 1.20 bits per heavy atom. The number of anilines is 1. The molecule has 160 valence electrons. The number of aromatic nitrogens is 3. The summed E-state index contributed by atoms with van der Waals surface area (Å²) in [6.07, 6.45) is 7.16. The van der Waals surface area contributed by atoms with Gasteiger partial charge in [0.25, 0.3) is 0 Å². The Labute approximate surface area is 177 Å². The second-order valence-electron chi connectivity index (χ2n) is 7.86. The van der Waals surface area contributed by atoms with E-state index in [1.54, 1.807) is 6.20 Å². The number of ether oxygens (including phenoxy) is 2. The molecule has 2 aromatic heterocycles. The smallest absolute Gasteiger partial charge is 0.325 e. The maximum atomic E-state index is 11.8. The summed E-state index contributed by atoms with van der Waals surface area (Å²) in [6.45, 7) is 4.06. The molecule has 0 atom stereocenters. The fourth-order valence-corrected chi connectivity index (χ4v) is 4.10. The number of rotatable bonds is 8. The molecule has 2 aliphatic rings. The van der Waals surface area contributed by atoms with Crippen molar-refractivity contribution in [1.82, 2.24) is 19.9 Å². The van der Waals surface area contributed by atoms with Crippen LogP contribution in [0.4, 0.5) is 5.82 Å². The molecular weight excluding hydrogens is 382 g/mol. The molecule has 0 bridgehead atoms. The molecule has 0 radical (unpaired) electrons. The number of likely N-dealkylation sites (N-methyl/N-ethyl adjacent to an activating group) is 1. The molecule has 0 unspecified atom stereocenters. The second-order valence-corrected chi connectivity index (χ2v) is 7.86. The van der Waals surface area contributed by atoms with E-state index < -0.39 is 0 Å². The van der Waals surface area contributed by atoms with Gasteiger partial charge in [0.15, 0.2) is 5.82 Å². The topological polar surface area (TPSA) is 80.7 Å². The highest BCUT2D eigenvalue weighted by Crippen LogP contribution is 2.31. The number of methoxy groups -OCH3 is 1. The van der Waals surface area contributed by atoms with Crippen molar-refractivity contribution in [1.29, 1.82) is 0 Å². The number of likely N-dealkylation sites (tertiary alicyclic amines) is 1. The first-order valence-electron chi connectivity index (χ1n) is 10.6. The summed E-state index contributed by atoms with van der Waals surface area (Å²) in [5, 5.41) is 0. The minimum absolute atomic E-state index is 0.145. The average molecular weight is 412 g/mol. The number of aryl methyl sites for hydroxylation is 1. The highest BCUT2D eigenvalue weighted by atomic mass is 16.5. The number of fused-ring (bicyclic) bond motifs is 1. The van der Waals surface area contributed by atoms with Crippen LogP contribution in [-0.2, 0) is 22.4 Å². The summed E-state index contributed by atoms with van der Waals surface area (Å²) >= 11 is 0. The number of nitrogens with zero attached hydrogens (tertiary/aromatic N) is 5. The van der Waals surface area contributed by atoms with Crippen LogP contribution < -0.4 is 9.64 Å². The van der Waals surface area contributed by atoms with Crippen molar-refractivity contribution in [2.75, 3.05) is 51.8 Å². The van der Waals surface area contributed by atoms with Gasteiger partial charge in [0.1, 0.15) is 30.4 Å². The minimum atomic E-state index is -0.295. The van der Waals surface area contributed by atoms with Gasteiger partial charge in [-0.2, -0.15) is 0 Å². The van der Waals surface area contributed by atoms with Crippen molar-refractivity contribution < 1.29 is 14.3 Å². The highest BCUT2D eigenvalue weighted by molar-refractivity contribution is 5.76. The predicted octanol–water partition coefficient (Wildman–Crippen LogP) is 2.11. The second kappa shape index (κ2) is 9.38. The number of pyridine rings is 1. The van der Waals surface area contributed by atoms with Gasteiger partial charge in [0.2, 0.25) is 0 Å².